The first-order chi connectivity index (χ1) is 20.5. The van der Waals surface area contributed by atoms with E-state index in [1.54, 1.807) is 31.5 Å². The van der Waals surface area contributed by atoms with Crippen molar-refractivity contribution < 1.29 is 17.5 Å². The molecule has 0 spiro atoms. The van der Waals surface area contributed by atoms with Crippen LogP contribution in [0.1, 0.15) is 51.6 Å². The lowest BCUT2D eigenvalue weighted by atomic mass is 9.90. The van der Waals surface area contributed by atoms with Gasteiger partial charge in [0.25, 0.3) is 10.0 Å². The van der Waals surface area contributed by atoms with E-state index >= 15 is 4.39 Å². The van der Waals surface area contributed by atoms with Crippen LogP contribution in [-0.4, -0.2) is 49.0 Å². The number of methoxy groups -OCH3 is 1. The van der Waals surface area contributed by atoms with E-state index in [9.17, 15) is 8.42 Å². The zero-order valence-electron chi connectivity index (χ0n) is 24.6. The molecule has 5 rings (SSSR count). The van der Waals surface area contributed by atoms with E-state index in [2.05, 4.69) is 28.0 Å². The molecule has 0 aliphatic heterocycles. The van der Waals surface area contributed by atoms with Crippen LogP contribution in [0.5, 0.6) is 0 Å². The number of fused-ring (bicyclic) bond motifs is 1. The first kappa shape index (κ1) is 30.9. The van der Waals surface area contributed by atoms with E-state index in [0.29, 0.717) is 29.3 Å². The molecule has 2 heterocycles. The van der Waals surface area contributed by atoms with Crippen LogP contribution < -0.4 is 15.8 Å². The summed E-state index contributed by atoms with van der Waals surface area (Å²) in [5.74, 6) is -0.479. The maximum absolute atomic E-state index is 15.4. The summed E-state index contributed by atoms with van der Waals surface area (Å²) < 4.78 is 50.7. The van der Waals surface area contributed by atoms with E-state index in [1.807, 2.05) is 18.5 Å². The van der Waals surface area contributed by atoms with E-state index < -0.39 is 15.8 Å². The number of aromatic nitrogens is 3. The van der Waals surface area contributed by atoms with Crippen LogP contribution in [0.2, 0.25) is 5.02 Å². The number of sulfonamides is 1. The molecule has 9 nitrogen and oxygen atoms in total. The second kappa shape index (κ2) is 12.6. The van der Waals surface area contributed by atoms with Crippen molar-refractivity contribution in [1.29, 1.82) is 0 Å². The molecular weight excluding hydrogens is 591 g/mol. The number of ether oxygens (including phenoxy) is 1. The fourth-order valence-corrected chi connectivity index (χ4v) is 7.13. The number of anilines is 2. The SMILES string of the molecule is COC[C@@H](C)N[C@@H]1CC=C(c2cnc(N)c3c(-c4ccc(NS(=O)(=O)c5ccccc5Cl)c(F)c4)nn(C(C)C)c23)CC1. The van der Waals surface area contributed by atoms with Crippen LogP contribution >= 0.6 is 11.6 Å². The number of nitrogen functional groups attached to an aromatic ring is 1. The Morgan fingerprint density at radius 3 is 2.63 bits per heavy atom. The number of nitrogens with two attached hydrogens (primary N) is 1. The lowest BCUT2D eigenvalue weighted by molar-refractivity contribution is 0.165. The Morgan fingerprint density at radius 2 is 1.98 bits per heavy atom. The van der Waals surface area contributed by atoms with Gasteiger partial charge in [0, 0.05) is 42.6 Å². The number of benzene rings is 2. The monoisotopic (exact) mass is 626 g/mol. The number of allylic oxidation sites excluding steroid dienone is 1. The largest absolute Gasteiger partial charge is 0.383 e. The van der Waals surface area contributed by atoms with Gasteiger partial charge in [-0.15, -0.1) is 0 Å². The summed E-state index contributed by atoms with van der Waals surface area (Å²) in [6.45, 7) is 6.81. The molecule has 12 heteroatoms. The minimum atomic E-state index is -4.11. The van der Waals surface area contributed by atoms with E-state index in [-0.39, 0.29) is 33.5 Å². The molecule has 1 aliphatic carbocycles. The third-order valence-electron chi connectivity index (χ3n) is 7.55. The molecule has 0 amide bonds. The average Bonchev–Trinajstić information content (AvgIpc) is 3.37. The molecule has 2 aromatic heterocycles. The van der Waals surface area contributed by atoms with Crippen LogP contribution in [0.4, 0.5) is 15.9 Å². The summed E-state index contributed by atoms with van der Waals surface area (Å²) in [6.07, 6.45) is 6.72. The van der Waals surface area contributed by atoms with Gasteiger partial charge in [0.05, 0.1) is 28.2 Å². The summed E-state index contributed by atoms with van der Waals surface area (Å²) >= 11 is 6.07. The van der Waals surface area contributed by atoms with Gasteiger partial charge in [-0.3, -0.25) is 9.40 Å². The number of hydrogen-bond acceptors (Lipinski definition) is 7. The normalized spacial score (nSPS) is 16.4. The van der Waals surface area contributed by atoms with Gasteiger partial charge in [0.15, 0.2) is 0 Å². The molecule has 2 aromatic carbocycles. The summed E-state index contributed by atoms with van der Waals surface area (Å²) in [4.78, 5) is 4.38. The van der Waals surface area contributed by atoms with Gasteiger partial charge in [-0.1, -0.05) is 35.9 Å². The summed E-state index contributed by atoms with van der Waals surface area (Å²) in [5.41, 5.74) is 10.1. The lowest BCUT2D eigenvalue weighted by Gasteiger charge is -2.26. The van der Waals surface area contributed by atoms with Gasteiger partial charge in [0.1, 0.15) is 22.2 Å². The van der Waals surface area contributed by atoms with Gasteiger partial charge in [-0.25, -0.2) is 17.8 Å². The molecule has 0 radical (unpaired) electrons. The number of nitrogens with zero attached hydrogens (tertiary/aromatic N) is 3. The number of nitrogens with one attached hydrogen (secondary N) is 2. The molecule has 0 unspecified atom stereocenters. The standard InChI is InChI=1S/C31H36ClFN6O3S/c1-18(2)39-30-23(20-9-12-22(13-10-20)36-19(3)17-42-4)16-35-31(34)28(30)29(37-39)21-11-14-26(25(33)15-21)38-43(40,41)27-8-6-5-7-24(27)32/h5-9,11,14-16,18-19,22,36,38H,10,12-13,17H2,1-4H3,(H2,34,35)/t19-,22-/m1/s1. The third-order valence-corrected chi connectivity index (χ3v) is 9.42. The van der Waals surface area contributed by atoms with Crippen LogP contribution in [0.3, 0.4) is 0 Å². The van der Waals surface area contributed by atoms with E-state index in [1.165, 1.54) is 29.8 Å². The molecule has 4 aromatic rings. The Hall–Kier alpha value is -3.51. The Morgan fingerprint density at radius 1 is 1.21 bits per heavy atom. The zero-order valence-corrected chi connectivity index (χ0v) is 26.1. The molecule has 0 bridgehead atoms. The Balaban J connectivity index is 1.51. The predicted octanol–water partition coefficient (Wildman–Crippen LogP) is 6.42. The minimum absolute atomic E-state index is 0.0168. The van der Waals surface area contributed by atoms with Crippen molar-refractivity contribution in [2.75, 3.05) is 24.2 Å². The fraction of sp³-hybridized carbons (Fsp3) is 0.355. The molecule has 2 atom stereocenters. The summed E-state index contributed by atoms with van der Waals surface area (Å²) in [7, 11) is -2.41. The van der Waals surface area contributed by atoms with Crippen LogP contribution in [-0.2, 0) is 14.8 Å². The Labute approximate surface area is 256 Å². The van der Waals surface area contributed by atoms with Crippen molar-refractivity contribution in [3.05, 3.63) is 71.1 Å². The van der Waals surface area contributed by atoms with E-state index in [0.717, 1.165) is 30.3 Å². The highest BCUT2D eigenvalue weighted by atomic mass is 35.5. The van der Waals surface area contributed by atoms with Crippen LogP contribution in [0.25, 0.3) is 27.7 Å². The molecule has 4 N–H and O–H groups in total. The van der Waals surface area contributed by atoms with Crippen molar-refractivity contribution in [1.82, 2.24) is 20.1 Å². The van der Waals surface area contributed by atoms with Crippen molar-refractivity contribution in [3.63, 3.8) is 0 Å². The van der Waals surface area contributed by atoms with Crippen LogP contribution in [0.15, 0.2) is 59.6 Å². The summed E-state index contributed by atoms with van der Waals surface area (Å²) in [5, 5.41) is 9.17. The first-order valence-electron chi connectivity index (χ1n) is 14.2. The number of rotatable bonds is 10. The fourth-order valence-electron chi connectivity index (χ4n) is 5.54. The van der Waals surface area contributed by atoms with Crippen molar-refractivity contribution >= 4 is 49.6 Å². The third kappa shape index (κ3) is 6.40. The predicted molar refractivity (Wildman–Crippen MR) is 170 cm³/mol. The lowest BCUT2D eigenvalue weighted by Crippen LogP contribution is -2.39. The number of pyridine rings is 1. The first-order valence-corrected chi connectivity index (χ1v) is 16.0. The molecule has 0 fully saturated rings. The molecule has 1 aliphatic rings. The highest BCUT2D eigenvalue weighted by Crippen LogP contribution is 2.40. The van der Waals surface area contributed by atoms with Crippen molar-refractivity contribution in [3.8, 4) is 11.3 Å². The van der Waals surface area contributed by atoms with Gasteiger partial charge in [0.2, 0.25) is 0 Å². The maximum atomic E-state index is 15.4. The topological polar surface area (TPSA) is 124 Å². The smallest absolute Gasteiger partial charge is 0.263 e. The quantitative estimate of drug-likeness (QED) is 0.186. The highest BCUT2D eigenvalue weighted by Gasteiger charge is 2.26. The number of halogens is 2. The van der Waals surface area contributed by atoms with Gasteiger partial charge < -0.3 is 15.8 Å². The van der Waals surface area contributed by atoms with Gasteiger partial charge in [-0.2, -0.15) is 5.10 Å². The average molecular weight is 627 g/mol. The molecular formula is C31H36ClFN6O3S. The molecule has 43 heavy (non-hydrogen) atoms. The highest BCUT2D eigenvalue weighted by molar-refractivity contribution is 7.92. The number of hydrogen-bond donors (Lipinski definition) is 3. The Kier molecular flexibility index (Phi) is 9.07. The minimum Gasteiger partial charge on any atom is -0.383 e. The van der Waals surface area contributed by atoms with Gasteiger partial charge in [-0.05, 0) is 69.9 Å². The zero-order chi connectivity index (χ0) is 30.9. The van der Waals surface area contributed by atoms with Crippen molar-refractivity contribution in [2.24, 2.45) is 0 Å². The second-order valence-corrected chi connectivity index (χ2v) is 13.2. The van der Waals surface area contributed by atoms with Gasteiger partial charge >= 0.3 is 0 Å². The Bertz CT molecular complexity index is 1790. The van der Waals surface area contributed by atoms with E-state index in [4.69, 9.17) is 27.2 Å². The molecule has 228 valence electrons. The van der Waals surface area contributed by atoms with Crippen LogP contribution in [0, 0.1) is 5.82 Å². The molecule has 0 saturated heterocycles. The maximum Gasteiger partial charge on any atom is 0.263 e. The molecule has 0 saturated carbocycles. The van der Waals surface area contributed by atoms with Crippen molar-refractivity contribution in [2.45, 2.75) is 63.1 Å². The second-order valence-electron chi connectivity index (χ2n) is 11.1. The summed E-state index contributed by atoms with van der Waals surface area (Å²) in [6, 6.07) is 10.8.